The van der Waals surface area contributed by atoms with Gasteiger partial charge in [0.2, 0.25) is 0 Å². The molecule has 0 fully saturated rings. The highest BCUT2D eigenvalue weighted by Crippen LogP contribution is 2.16. The van der Waals surface area contributed by atoms with Gasteiger partial charge >= 0.3 is 0 Å². The predicted octanol–water partition coefficient (Wildman–Crippen LogP) is 1.29. The van der Waals surface area contributed by atoms with Gasteiger partial charge in [0.05, 0.1) is 5.75 Å². The molecule has 0 aliphatic rings. The van der Waals surface area contributed by atoms with E-state index in [1.165, 1.54) is 6.26 Å². The zero-order chi connectivity index (χ0) is 16.3. The predicted molar refractivity (Wildman–Crippen MR) is 84.8 cm³/mol. The van der Waals surface area contributed by atoms with Crippen molar-refractivity contribution in [1.82, 2.24) is 4.90 Å². The highest BCUT2D eigenvalue weighted by atomic mass is 32.2. The lowest BCUT2D eigenvalue weighted by atomic mass is 9.93. The first-order valence-corrected chi connectivity index (χ1v) is 8.82. The molecule has 0 aromatic heterocycles. The topological polar surface area (TPSA) is 80.5 Å². The molecule has 21 heavy (non-hydrogen) atoms. The first kappa shape index (κ1) is 17.7. The van der Waals surface area contributed by atoms with Crippen LogP contribution in [0.1, 0.15) is 29.8 Å². The third kappa shape index (κ3) is 5.85. The molecule has 5 nitrogen and oxygen atoms in total. The van der Waals surface area contributed by atoms with Gasteiger partial charge in [0.1, 0.15) is 0 Å². The van der Waals surface area contributed by atoms with Crippen molar-refractivity contribution in [3.05, 3.63) is 35.4 Å². The van der Waals surface area contributed by atoms with Gasteiger partial charge in [0, 0.05) is 25.4 Å². The second-order valence-electron chi connectivity index (χ2n) is 6.30. The lowest BCUT2D eigenvalue weighted by molar-refractivity contribution is 0.0740. The van der Waals surface area contributed by atoms with E-state index in [4.69, 9.17) is 5.73 Å². The number of carbonyl (C=O) groups excluding carboxylic acids is 1. The molecule has 0 atom stereocenters. The SMILES string of the molecule is CN(CC(C)(C)CN)C(=O)c1ccc(CS(C)(=O)=O)cc1. The molecule has 6 heteroatoms. The fourth-order valence-electron chi connectivity index (χ4n) is 2.05. The van der Waals surface area contributed by atoms with E-state index in [0.29, 0.717) is 24.2 Å². The van der Waals surface area contributed by atoms with Gasteiger partial charge in [0.15, 0.2) is 9.84 Å². The van der Waals surface area contributed by atoms with E-state index in [0.717, 1.165) is 0 Å². The smallest absolute Gasteiger partial charge is 0.253 e. The van der Waals surface area contributed by atoms with Crippen LogP contribution in [0.4, 0.5) is 0 Å². The molecule has 2 N–H and O–H groups in total. The molecule has 0 aliphatic carbocycles. The number of benzene rings is 1. The third-order valence-corrected chi connectivity index (χ3v) is 4.05. The van der Waals surface area contributed by atoms with Gasteiger partial charge in [-0.25, -0.2) is 8.42 Å². The van der Waals surface area contributed by atoms with Crippen LogP contribution in [0.3, 0.4) is 0 Å². The Hall–Kier alpha value is -1.40. The van der Waals surface area contributed by atoms with Crippen LogP contribution in [0.5, 0.6) is 0 Å². The normalized spacial score (nSPS) is 12.2. The largest absolute Gasteiger partial charge is 0.341 e. The van der Waals surface area contributed by atoms with Crippen LogP contribution in [0.2, 0.25) is 0 Å². The minimum absolute atomic E-state index is 0.0164. The highest BCUT2D eigenvalue weighted by molar-refractivity contribution is 7.89. The van der Waals surface area contributed by atoms with Gasteiger partial charge in [-0.1, -0.05) is 26.0 Å². The van der Waals surface area contributed by atoms with Crippen LogP contribution in [0.25, 0.3) is 0 Å². The fourth-order valence-corrected chi connectivity index (χ4v) is 2.84. The summed E-state index contributed by atoms with van der Waals surface area (Å²) in [7, 11) is -1.32. The van der Waals surface area contributed by atoms with E-state index in [1.54, 1.807) is 36.2 Å². The molecule has 0 saturated heterocycles. The van der Waals surface area contributed by atoms with Crippen molar-refractivity contribution in [2.24, 2.45) is 11.1 Å². The first-order valence-electron chi connectivity index (χ1n) is 6.76. The van der Waals surface area contributed by atoms with Crippen LogP contribution >= 0.6 is 0 Å². The number of hydrogen-bond acceptors (Lipinski definition) is 4. The fraction of sp³-hybridized carbons (Fsp3) is 0.533. The summed E-state index contributed by atoms with van der Waals surface area (Å²) in [5.74, 6) is -0.111. The number of nitrogens with two attached hydrogens (primary N) is 1. The molecule has 0 unspecified atom stereocenters. The Labute approximate surface area is 127 Å². The van der Waals surface area contributed by atoms with Crippen LogP contribution < -0.4 is 5.73 Å². The van der Waals surface area contributed by atoms with Crippen molar-refractivity contribution in [1.29, 1.82) is 0 Å². The molecular weight excluding hydrogens is 288 g/mol. The Bertz CT molecular complexity index is 592. The van der Waals surface area contributed by atoms with Crippen molar-refractivity contribution in [2.75, 3.05) is 26.4 Å². The average Bonchev–Trinajstić information content (AvgIpc) is 2.36. The standard InChI is InChI=1S/C15H24N2O3S/c1-15(2,10-16)11-17(3)14(18)13-7-5-12(6-8-13)9-21(4,19)20/h5-8H,9-11,16H2,1-4H3. The van der Waals surface area contributed by atoms with E-state index in [9.17, 15) is 13.2 Å². The Morgan fingerprint density at radius 2 is 1.76 bits per heavy atom. The van der Waals surface area contributed by atoms with Gasteiger partial charge in [-0.3, -0.25) is 4.79 Å². The van der Waals surface area contributed by atoms with Gasteiger partial charge in [-0.15, -0.1) is 0 Å². The summed E-state index contributed by atoms with van der Waals surface area (Å²) in [6, 6.07) is 6.68. The maximum atomic E-state index is 12.3. The molecule has 1 aromatic rings. The van der Waals surface area contributed by atoms with E-state index in [2.05, 4.69) is 0 Å². The number of rotatable bonds is 6. The molecule has 0 spiro atoms. The lowest BCUT2D eigenvalue weighted by Gasteiger charge is -2.29. The van der Waals surface area contributed by atoms with Crippen molar-refractivity contribution >= 4 is 15.7 Å². The van der Waals surface area contributed by atoms with Crippen molar-refractivity contribution in [2.45, 2.75) is 19.6 Å². The van der Waals surface area contributed by atoms with Crippen molar-refractivity contribution in [3.63, 3.8) is 0 Å². The Morgan fingerprint density at radius 3 is 2.19 bits per heavy atom. The molecular formula is C15H24N2O3S. The molecule has 0 bridgehead atoms. The van der Waals surface area contributed by atoms with Crippen LogP contribution in [-0.2, 0) is 15.6 Å². The van der Waals surface area contributed by atoms with Gasteiger partial charge in [-0.05, 0) is 29.7 Å². The quantitative estimate of drug-likeness (QED) is 0.858. The number of amides is 1. The Morgan fingerprint density at radius 1 is 1.24 bits per heavy atom. The summed E-state index contributed by atoms with van der Waals surface area (Å²) in [6.45, 7) is 5.07. The maximum absolute atomic E-state index is 12.3. The second kappa shape index (κ2) is 6.58. The van der Waals surface area contributed by atoms with Crippen LogP contribution in [0.15, 0.2) is 24.3 Å². The second-order valence-corrected chi connectivity index (χ2v) is 8.44. The lowest BCUT2D eigenvalue weighted by Crippen LogP contribution is -2.39. The molecule has 0 heterocycles. The van der Waals surface area contributed by atoms with Gasteiger partial charge < -0.3 is 10.6 Å². The minimum atomic E-state index is -3.06. The molecule has 0 radical (unpaired) electrons. The molecule has 1 aromatic carbocycles. The average molecular weight is 312 g/mol. The molecule has 0 aliphatic heterocycles. The summed E-state index contributed by atoms with van der Waals surface area (Å²) >= 11 is 0. The van der Waals surface area contributed by atoms with E-state index in [-0.39, 0.29) is 17.1 Å². The number of nitrogens with zero attached hydrogens (tertiary/aromatic N) is 1. The van der Waals surface area contributed by atoms with E-state index >= 15 is 0 Å². The number of hydrogen-bond donors (Lipinski definition) is 1. The number of sulfone groups is 1. The maximum Gasteiger partial charge on any atom is 0.253 e. The third-order valence-electron chi connectivity index (χ3n) is 3.19. The zero-order valence-corrected chi connectivity index (χ0v) is 13.9. The van der Waals surface area contributed by atoms with E-state index < -0.39 is 9.84 Å². The molecule has 1 amide bonds. The summed E-state index contributed by atoms with van der Waals surface area (Å²) in [6.07, 6.45) is 1.19. The first-order chi connectivity index (χ1) is 9.54. The summed E-state index contributed by atoms with van der Waals surface area (Å²) in [5.41, 5.74) is 6.76. The van der Waals surface area contributed by atoms with Gasteiger partial charge in [-0.2, -0.15) is 0 Å². The monoisotopic (exact) mass is 312 g/mol. The molecule has 1 rings (SSSR count). The minimum Gasteiger partial charge on any atom is -0.341 e. The molecule has 0 saturated carbocycles. The Balaban J connectivity index is 2.80. The Kier molecular flexibility index (Phi) is 5.53. The highest BCUT2D eigenvalue weighted by Gasteiger charge is 2.21. The molecule has 118 valence electrons. The van der Waals surface area contributed by atoms with Gasteiger partial charge in [0.25, 0.3) is 5.91 Å². The zero-order valence-electron chi connectivity index (χ0n) is 13.1. The van der Waals surface area contributed by atoms with Crippen molar-refractivity contribution in [3.8, 4) is 0 Å². The van der Waals surface area contributed by atoms with Crippen LogP contribution in [0, 0.1) is 5.41 Å². The summed E-state index contributed by atoms with van der Waals surface area (Å²) < 4.78 is 22.5. The summed E-state index contributed by atoms with van der Waals surface area (Å²) in [5, 5.41) is 0. The van der Waals surface area contributed by atoms with Crippen molar-refractivity contribution < 1.29 is 13.2 Å². The van der Waals surface area contributed by atoms with E-state index in [1.807, 2.05) is 13.8 Å². The summed E-state index contributed by atoms with van der Waals surface area (Å²) in [4.78, 5) is 13.9. The number of carbonyl (C=O) groups is 1. The van der Waals surface area contributed by atoms with Crippen LogP contribution in [-0.4, -0.2) is 45.6 Å².